The van der Waals surface area contributed by atoms with Crippen molar-refractivity contribution in [1.29, 1.82) is 0 Å². The molecule has 0 saturated heterocycles. The van der Waals surface area contributed by atoms with Gasteiger partial charge in [-0.1, -0.05) is 6.92 Å². The van der Waals surface area contributed by atoms with Gasteiger partial charge in [-0.25, -0.2) is 0 Å². The summed E-state index contributed by atoms with van der Waals surface area (Å²) in [5.74, 6) is -1.78. The molecule has 0 rings (SSSR count). The Labute approximate surface area is 78.3 Å². The molecule has 76 valence electrons. The molecule has 0 aliphatic heterocycles. The standard InChI is InChI=1S/C9H17NO3/c1-6(8(12)13)5-7(11)10-9(2,3)4/h6H,5H2,1-4H3,(H,10,11)(H,12,13)/t6-/m1/s1. The van der Waals surface area contributed by atoms with E-state index < -0.39 is 11.9 Å². The molecule has 1 amide bonds. The lowest BCUT2D eigenvalue weighted by atomic mass is 10.1. The van der Waals surface area contributed by atoms with Gasteiger partial charge < -0.3 is 10.4 Å². The van der Waals surface area contributed by atoms with Crippen molar-refractivity contribution in [2.75, 3.05) is 0 Å². The molecule has 2 N–H and O–H groups in total. The highest BCUT2D eigenvalue weighted by Crippen LogP contribution is 2.04. The van der Waals surface area contributed by atoms with E-state index in [0.29, 0.717) is 0 Å². The molecule has 0 aliphatic rings. The van der Waals surface area contributed by atoms with E-state index in [1.807, 2.05) is 20.8 Å². The highest BCUT2D eigenvalue weighted by molar-refractivity contribution is 5.82. The Balaban J connectivity index is 3.96. The van der Waals surface area contributed by atoms with Crippen LogP contribution in [0.3, 0.4) is 0 Å². The number of carbonyl (C=O) groups excluding carboxylic acids is 1. The summed E-state index contributed by atoms with van der Waals surface area (Å²) in [6.45, 7) is 7.09. The summed E-state index contributed by atoms with van der Waals surface area (Å²) in [5.41, 5.74) is -0.296. The predicted octanol–water partition coefficient (Wildman–Crippen LogP) is 1.01. The van der Waals surface area contributed by atoms with Crippen LogP contribution in [-0.4, -0.2) is 22.5 Å². The largest absolute Gasteiger partial charge is 0.481 e. The fraction of sp³-hybridized carbons (Fsp3) is 0.778. The van der Waals surface area contributed by atoms with E-state index in [9.17, 15) is 9.59 Å². The van der Waals surface area contributed by atoms with Crippen molar-refractivity contribution in [1.82, 2.24) is 5.32 Å². The number of amides is 1. The van der Waals surface area contributed by atoms with Crippen molar-refractivity contribution < 1.29 is 14.7 Å². The maximum atomic E-state index is 11.2. The molecule has 1 atom stereocenters. The van der Waals surface area contributed by atoms with Gasteiger partial charge in [0.2, 0.25) is 5.91 Å². The van der Waals surface area contributed by atoms with Crippen molar-refractivity contribution in [3.05, 3.63) is 0 Å². The molecule has 0 radical (unpaired) electrons. The first kappa shape index (κ1) is 11.9. The van der Waals surface area contributed by atoms with Gasteiger partial charge in [0, 0.05) is 12.0 Å². The van der Waals surface area contributed by atoms with Gasteiger partial charge in [0.05, 0.1) is 5.92 Å². The van der Waals surface area contributed by atoms with Crippen LogP contribution in [0.15, 0.2) is 0 Å². The van der Waals surface area contributed by atoms with Gasteiger partial charge in [-0.2, -0.15) is 0 Å². The van der Waals surface area contributed by atoms with E-state index in [-0.39, 0.29) is 17.9 Å². The molecule has 0 aromatic carbocycles. The predicted molar refractivity (Wildman–Crippen MR) is 49.3 cm³/mol. The molecule has 0 saturated carbocycles. The minimum absolute atomic E-state index is 0.0343. The maximum absolute atomic E-state index is 11.2. The zero-order chi connectivity index (χ0) is 10.6. The van der Waals surface area contributed by atoms with Gasteiger partial charge in [-0.3, -0.25) is 9.59 Å². The molecule has 0 aromatic heterocycles. The number of carbonyl (C=O) groups is 2. The molecular formula is C9H17NO3. The number of nitrogens with one attached hydrogen (secondary N) is 1. The van der Waals surface area contributed by atoms with E-state index in [1.165, 1.54) is 6.92 Å². The zero-order valence-corrected chi connectivity index (χ0v) is 8.55. The molecular weight excluding hydrogens is 170 g/mol. The Kier molecular flexibility index (Phi) is 3.91. The van der Waals surface area contributed by atoms with Crippen LogP contribution in [0.5, 0.6) is 0 Å². The topological polar surface area (TPSA) is 66.4 Å². The Morgan fingerprint density at radius 2 is 1.85 bits per heavy atom. The van der Waals surface area contributed by atoms with Crippen LogP contribution in [-0.2, 0) is 9.59 Å². The summed E-state index contributed by atoms with van der Waals surface area (Å²) >= 11 is 0. The van der Waals surface area contributed by atoms with E-state index in [0.717, 1.165) is 0 Å². The molecule has 4 nitrogen and oxygen atoms in total. The Morgan fingerprint density at radius 1 is 1.38 bits per heavy atom. The average molecular weight is 187 g/mol. The van der Waals surface area contributed by atoms with Gasteiger partial charge in [0.15, 0.2) is 0 Å². The van der Waals surface area contributed by atoms with Crippen LogP contribution >= 0.6 is 0 Å². The number of carboxylic acid groups (broad SMARTS) is 1. The Hall–Kier alpha value is -1.06. The Bertz CT molecular complexity index is 205. The molecule has 0 fully saturated rings. The summed E-state index contributed by atoms with van der Waals surface area (Å²) in [4.78, 5) is 21.6. The molecule has 0 aliphatic carbocycles. The van der Waals surface area contributed by atoms with Crippen LogP contribution < -0.4 is 5.32 Å². The maximum Gasteiger partial charge on any atom is 0.306 e. The molecule has 4 heteroatoms. The van der Waals surface area contributed by atoms with Crippen molar-refractivity contribution >= 4 is 11.9 Å². The van der Waals surface area contributed by atoms with Crippen molar-refractivity contribution in [3.8, 4) is 0 Å². The number of hydrogen-bond acceptors (Lipinski definition) is 2. The molecule has 0 aromatic rings. The van der Waals surface area contributed by atoms with Gasteiger partial charge in [0.25, 0.3) is 0 Å². The first-order chi connectivity index (χ1) is 5.72. The normalized spacial score (nSPS) is 13.5. The third-order valence-corrected chi connectivity index (χ3v) is 1.43. The van der Waals surface area contributed by atoms with Crippen LogP contribution in [0.4, 0.5) is 0 Å². The summed E-state index contributed by atoms with van der Waals surface area (Å²) in [7, 11) is 0. The summed E-state index contributed by atoms with van der Waals surface area (Å²) in [5, 5.41) is 11.3. The van der Waals surface area contributed by atoms with E-state index in [2.05, 4.69) is 5.32 Å². The minimum atomic E-state index is -0.941. The van der Waals surface area contributed by atoms with Crippen molar-refractivity contribution in [2.24, 2.45) is 5.92 Å². The Morgan fingerprint density at radius 3 is 2.15 bits per heavy atom. The van der Waals surface area contributed by atoms with Crippen LogP contribution in [0.2, 0.25) is 0 Å². The second-order valence-electron chi connectivity index (χ2n) is 4.24. The fourth-order valence-electron chi connectivity index (χ4n) is 0.835. The quantitative estimate of drug-likeness (QED) is 0.693. The number of carboxylic acids is 1. The van der Waals surface area contributed by atoms with E-state index in [4.69, 9.17) is 5.11 Å². The van der Waals surface area contributed by atoms with Gasteiger partial charge >= 0.3 is 5.97 Å². The smallest absolute Gasteiger partial charge is 0.306 e. The lowest BCUT2D eigenvalue weighted by molar-refractivity contribution is -0.143. The lowest BCUT2D eigenvalue weighted by Crippen LogP contribution is -2.41. The minimum Gasteiger partial charge on any atom is -0.481 e. The van der Waals surface area contributed by atoms with Crippen LogP contribution in [0.25, 0.3) is 0 Å². The highest BCUT2D eigenvalue weighted by Gasteiger charge is 2.19. The molecule has 13 heavy (non-hydrogen) atoms. The highest BCUT2D eigenvalue weighted by atomic mass is 16.4. The van der Waals surface area contributed by atoms with Crippen LogP contribution in [0, 0.1) is 5.92 Å². The van der Waals surface area contributed by atoms with Crippen molar-refractivity contribution in [2.45, 2.75) is 39.7 Å². The number of aliphatic carboxylic acids is 1. The number of hydrogen-bond donors (Lipinski definition) is 2. The first-order valence-corrected chi connectivity index (χ1v) is 4.26. The molecule has 0 unspecified atom stereocenters. The second-order valence-corrected chi connectivity index (χ2v) is 4.24. The molecule has 0 bridgehead atoms. The summed E-state index contributed by atoms with van der Waals surface area (Å²) < 4.78 is 0. The van der Waals surface area contributed by atoms with Gasteiger partial charge in [0.1, 0.15) is 0 Å². The van der Waals surface area contributed by atoms with Gasteiger partial charge in [-0.05, 0) is 20.8 Å². The third kappa shape index (κ3) is 6.13. The third-order valence-electron chi connectivity index (χ3n) is 1.43. The average Bonchev–Trinajstić information content (AvgIpc) is 1.81. The van der Waals surface area contributed by atoms with E-state index in [1.54, 1.807) is 0 Å². The fourth-order valence-corrected chi connectivity index (χ4v) is 0.835. The molecule has 0 heterocycles. The number of rotatable bonds is 3. The first-order valence-electron chi connectivity index (χ1n) is 4.26. The van der Waals surface area contributed by atoms with Crippen LogP contribution in [0.1, 0.15) is 34.1 Å². The van der Waals surface area contributed by atoms with E-state index >= 15 is 0 Å². The second kappa shape index (κ2) is 4.25. The van der Waals surface area contributed by atoms with Gasteiger partial charge in [-0.15, -0.1) is 0 Å². The van der Waals surface area contributed by atoms with Crippen molar-refractivity contribution in [3.63, 3.8) is 0 Å². The monoisotopic (exact) mass is 187 g/mol. The SMILES string of the molecule is C[C@H](CC(=O)NC(C)(C)C)C(=O)O. The summed E-state index contributed by atoms with van der Waals surface area (Å²) in [6.07, 6.45) is 0.0343. The zero-order valence-electron chi connectivity index (χ0n) is 8.55. The summed E-state index contributed by atoms with van der Waals surface area (Å²) in [6, 6.07) is 0. The molecule has 0 spiro atoms. The lowest BCUT2D eigenvalue weighted by Gasteiger charge is -2.21.